The molecule has 0 spiro atoms. The lowest BCUT2D eigenvalue weighted by atomic mass is 9.97. The number of aliphatic carboxylic acids is 1. The summed E-state index contributed by atoms with van der Waals surface area (Å²) in [7, 11) is -3.99. The molecular formula is C25H27N2O5P. The van der Waals surface area contributed by atoms with Crippen LogP contribution in [0.3, 0.4) is 0 Å². The van der Waals surface area contributed by atoms with E-state index in [2.05, 4.69) is 5.32 Å². The fraction of sp³-hybridized carbons (Fsp3) is 0.200. The first-order valence-electron chi connectivity index (χ1n) is 10.5. The van der Waals surface area contributed by atoms with Crippen LogP contribution in [0, 0.1) is 5.92 Å². The van der Waals surface area contributed by atoms with Crippen molar-refractivity contribution in [3.8, 4) is 11.1 Å². The number of hydrogen-bond acceptors (Lipinski definition) is 4. The molecule has 0 aliphatic carbocycles. The van der Waals surface area contributed by atoms with Crippen LogP contribution >= 0.6 is 7.37 Å². The zero-order valence-corrected chi connectivity index (χ0v) is 18.9. The molecule has 0 bridgehead atoms. The summed E-state index contributed by atoms with van der Waals surface area (Å²) in [5, 5.41) is 11.2. The van der Waals surface area contributed by atoms with Gasteiger partial charge in [-0.1, -0.05) is 84.9 Å². The molecule has 5 N–H and O–H groups in total. The van der Waals surface area contributed by atoms with E-state index in [0.717, 1.165) is 16.7 Å². The van der Waals surface area contributed by atoms with Gasteiger partial charge in [0.05, 0.1) is 5.92 Å². The maximum Gasteiger partial charge on any atom is 0.322 e. The number of carboxylic acid groups (broad SMARTS) is 1. The number of rotatable bonds is 10. The zero-order valence-electron chi connectivity index (χ0n) is 18.0. The lowest BCUT2D eigenvalue weighted by Gasteiger charge is -2.24. The second-order valence-corrected chi connectivity index (χ2v) is 10.3. The first kappa shape index (κ1) is 24.4. The van der Waals surface area contributed by atoms with Gasteiger partial charge in [0.1, 0.15) is 12.3 Å². The van der Waals surface area contributed by atoms with Crippen LogP contribution in [0.4, 0.5) is 0 Å². The molecule has 0 saturated heterocycles. The first-order chi connectivity index (χ1) is 15.8. The summed E-state index contributed by atoms with van der Waals surface area (Å²) in [6.07, 6.45) is -0.193. The highest BCUT2D eigenvalue weighted by Crippen LogP contribution is 2.54. The summed E-state index contributed by atoms with van der Waals surface area (Å²) in [5.74, 6) is -3.85. The van der Waals surface area contributed by atoms with Crippen molar-refractivity contribution in [1.82, 2.24) is 5.32 Å². The number of carboxylic acids is 1. The van der Waals surface area contributed by atoms with Gasteiger partial charge in [0, 0.05) is 6.16 Å². The summed E-state index contributed by atoms with van der Waals surface area (Å²) in [6, 6.07) is 25.9. The molecule has 0 heterocycles. The highest BCUT2D eigenvalue weighted by molar-refractivity contribution is 7.58. The molecule has 33 heavy (non-hydrogen) atoms. The second-order valence-electron chi connectivity index (χ2n) is 7.87. The van der Waals surface area contributed by atoms with E-state index in [0.29, 0.717) is 5.56 Å². The van der Waals surface area contributed by atoms with Gasteiger partial charge < -0.3 is 21.1 Å². The molecule has 1 amide bonds. The highest BCUT2D eigenvalue weighted by atomic mass is 31.2. The molecule has 0 aliphatic rings. The van der Waals surface area contributed by atoms with Crippen LogP contribution in [0.2, 0.25) is 0 Å². The lowest BCUT2D eigenvalue weighted by molar-refractivity contribution is -0.138. The molecule has 0 radical (unpaired) electrons. The van der Waals surface area contributed by atoms with Crippen molar-refractivity contribution in [2.45, 2.75) is 12.2 Å². The van der Waals surface area contributed by atoms with Crippen LogP contribution in [0.5, 0.6) is 0 Å². The average molecular weight is 466 g/mol. The molecule has 3 aromatic carbocycles. The topological polar surface area (TPSA) is 130 Å². The van der Waals surface area contributed by atoms with Gasteiger partial charge >= 0.3 is 5.97 Å². The molecule has 0 aromatic heterocycles. The average Bonchev–Trinajstić information content (AvgIpc) is 2.83. The Morgan fingerprint density at radius 1 is 0.879 bits per heavy atom. The number of benzene rings is 3. The van der Waals surface area contributed by atoms with Crippen LogP contribution in [-0.4, -0.2) is 34.6 Å². The fourth-order valence-corrected chi connectivity index (χ4v) is 5.40. The van der Waals surface area contributed by atoms with Crippen LogP contribution in [0.1, 0.15) is 16.9 Å². The van der Waals surface area contributed by atoms with E-state index in [9.17, 15) is 19.0 Å². The maximum atomic E-state index is 13.1. The normalized spacial score (nSPS) is 14.6. The number of carbonyl (C=O) groups is 2. The molecule has 1 unspecified atom stereocenters. The van der Waals surface area contributed by atoms with Crippen molar-refractivity contribution in [3.05, 3.63) is 96.1 Å². The van der Waals surface area contributed by atoms with Crippen LogP contribution < -0.4 is 11.1 Å². The highest BCUT2D eigenvalue weighted by Gasteiger charge is 2.35. The van der Waals surface area contributed by atoms with Crippen LogP contribution in [-0.2, 0) is 20.6 Å². The van der Waals surface area contributed by atoms with Crippen molar-refractivity contribution in [1.29, 1.82) is 0 Å². The smallest absolute Gasteiger partial charge is 0.322 e. The summed E-state index contributed by atoms with van der Waals surface area (Å²) < 4.78 is 13.1. The van der Waals surface area contributed by atoms with Crippen molar-refractivity contribution in [2.75, 3.05) is 12.7 Å². The SMILES string of the molecule is N[C@@H](c1ccccc1)P(=O)(O)C[C@H](Cc1ccc(-c2ccccc2)cc1)C(=O)NCC(=O)O. The Hall–Kier alpha value is -3.25. The van der Waals surface area contributed by atoms with Crippen molar-refractivity contribution in [3.63, 3.8) is 0 Å². The summed E-state index contributed by atoms with van der Waals surface area (Å²) in [5.41, 5.74) is 9.43. The van der Waals surface area contributed by atoms with E-state index in [1.807, 2.05) is 54.6 Å². The Morgan fingerprint density at radius 3 is 2.00 bits per heavy atom. The number of carbonyl (C=O) groups excluding carboxylic acids is 1. The number of nitrogens with one attached hydrogen (secondary N) is 1. The molecule has 3 aromatic rings. The van der Waals surface area contributed by atoms with E-state index < -0.39 is 37.5 Å². The predicted molar refractivity (Wildman–Crippen MR) is 128 cm³/mol. The molecule has 3 atom stereocenters. The largest absolute Gasteiger partial charge is 0.480 e. The van der Waals surface area contributed by atoms with Gasteiger partial charge in [0.25, 0.3) is 0 Å². The van der Waals surface area contributed by atoms with E-state index in [4.69, 9.17) is 10.8 Å². The summed E-state index contributed by atoms with van der Waals surface area (Å²) >= 11 is 0. The standard InChI is InChI=1S/C25H27N2O5P/c26-24(21-9-5-2-6-10-21)33(31,32)17-22(25(30)27-16-23(28)29)15-18-11-13-20(14-12-18)19-7-3-1-4-8-19/h1-14,22,24H,15-17,26H2,(H,27,30)(H,28,29)(H,31,32)/t22-,24+/m0/s1. The number of amides is 1. The minimum absolute atomic E-state index is 0.173. The molecule has 0 aliphatic heterocycles. The molecule has 0 fully saturated rings. The van der Waals surface area contributed by atoms with Crippen molar-refractivity contribution < 1.29 is 24.2 Å². The van der Waals surface area contributed by atoms with Crippen molar-refractivity contribution in [2.24, 2.45) is 11.7 Å². The monoisotopic (exact) mass is 466 g/mol. The molecular weight excluding hydrogens is 439 g/mol. The molecule has 8 heteroatoms. The third kappa shape index (κ3) is 6.86. The van der Waals surface area contributed by atoms with Gasteiger partial charge in [-0.25, -0.2) is 0 Å². The summed E-state index contributed by atoms with van der Waals surface area (Å²) in [6.45, 7) is -0.567. The Balaban J connectivity index is 1.79. The molecule has 172 valence electrons. The van der Waals surface area contributed by atoms with Crippen LogP contribution in [0.25, 0.3) is 11.1 Å². The molecule has 7 nitrogen and oxygen atoms in total. The molecule has 3 rings (SSSR count). The predicted octanol–water partition coefficient (Wildman–Crippen LogP) is 3.64. The van der Waals surface area contributed by atoms with Gasteiger partial charge in [-0.05, 0) is 28.7 Å². The van der Waals surface area contributed by atoms with Gasteiger partial charge in [-0.15, -0.1) is 0 Å². The lowest BCUT2D eigenvalue weighted by Crippen LogP contribution is -2.37. The van der Waals surface area contributed by atoms with Gasteiger partial charge in [0.2, 0.25) is 13.3 Å². The quantitative estimate of drug-likeness (QED) is 0.338. The van der Waals surface area contributed by atoms with Crippen LogP contribution in [0.15, 0.2) is 84.9 Å². The Morgan fingerprint density at radius 2 is 1.42 bits per heavy atom. The third-order valence-electron chi connectivity index (χ3n) is 5.39. The van der Waals surface area contributed by atoms with Gasteiger partial charge in [-0.2, -0.15) is 0 Å². The maximum absolute atomic E-state index is 13.1. The minimum Gasteiger partial charge on any atom is -0.480 e. The van der Waals surface area contributed by atoms with Crippen molar-refractivity contribution >= 4 is 19.2 Å². The third-order valence-corrected chi connectivity index (χ3v) is 7.52. The number of hydrogen-bond donors (Lipinski definition) is 4. The number of nitrogens with two attached hydrogens (primary N) is 1. The van der Waals surface area contributed by atoms with Gasteiger partial charge in [-0.3, -0.25) is 14.2 Å². The van der Waals surface area contributed by atoms with E-state index in [-0.39, 0.29) is 12.6 Å². The van der Waals surface area contributed by atoms with E-state index in [1.165, 1.54) is 0 Å². The van der Waals surface area contributed by atoms with E-state index in [1.54, 1.807) is 30.3 Å². The first-order valence-corrected chi connectivity index (χ1v) is 12.4. The Bertz CT molecular complexity index is 1120. The Labute approximate surface area is 192 Å². The summed E-state index contributed by atoms with van der Waals surface area (Å²) in [4.78, 5) is 34.4. The Kier molecular flexibility index (Phi) is 8.17. The molecule has 0 saturated carbocycles. The zero-order chi connectivity index (χ0) is 23.8. The minimum atomic E-state index is -3.99. The second kappa shape index (κ2) is 11.1. The van der Waals surface area contributed by atoms with E-state index >= 15 is 0 Å². The van der Waals surface area contributed by atoms with Gasteiger partial charge in [0.15, 0.2) is 0 Å². The fourth-order valence-electron chi connectivity index (χ4n) is 3.61.